The fourth-order valence-electron chi connectivity index (χ4n) is 1.69. The molecule has 3 atom stereocenters. The molecule has 1 rings (SSSR count). The molecule has 0 aromatic rings. The van der Waals surface area contributed by atoms with Crippen molar-refractivity contribution < 1.29 is 14.3 Å². The first-order valence-corrected chi connectivity index (χ1v) is 4.67. The first-order valence-electron chi connectivity index (χ1n) is 4.67. The van der Waals surface area contributed by atoms with E-state index in [1.54, 1.807) is 13.2 Å². The van der Waals surface area contributed by atoms with Gasteiger partial charge in [-0.05, 0) is 18.4 Å². The highest BCUT2D eigenvalue weighted by atomic mass is 16.5. The molecule has 1 aliphatic rings. The van der Waals surface area contributed by atoms with Crippen LogP contribution in [0.25, 0.3) is 0 Å². The van der Waals surface area contributed by atoms with E-state index in [-0.39, 0.29) is 24.0 Å². The number of nitrogens with two attached hydrogens (primary N) is 1. The Hall–Kier alpha value is -0.870. The number of carbonyl (C=O) groups is 1. The van der Waals surface area contributed by atoms with E-state index in [1.165, 1.54) is 7.11 Å². The predicted octanol–water partition coefficient (Wildman–Crippen LogP) is 0.468. The molecule has 4 nitrogen and oxygen atoms in total. The summed E-state index contributed by atoms with van der Waals surface area (Å²) in [6.07, 6.45) is 2.23. The van der Waals surface area contributed by atoms with Crippen molar-refractivity contribution in [2.75, 3.05) is 14.2 Å². The van der Waals surface area contributed by atoms with Crippen molar-refractivity contribution in [3.8, 4) is 0 Å². The molecule has 4 heteroatoms. The van der Waals surface area contributed by atoms with Gasteiger partial charge in [0.05, 0.1) is 13.2 Å². The third kappa shape index (κ3) is 2.13. The van der Waals surface area contributed by atoms with Gasteiger partial charge in [-0.25, -0.2) is 4.79 Å². The Bertz CT molecular complexity index is 250. The number of methoxy groups -OCH3 is 2. The molecule has 0 bridgehead atoms. The van der Waals surface area contributed by atoms with Crippen LogP contribution in [0, 0.1) is 5.92 Å². The molecule has 0 heterocycles. The number of hydrogen-bond acceptors (Lipinski definition) is 4. The van der Waals surface area contributed by atoms with E-state index in [4.69, 9.17) is 10.5 Å². The Labute approximate surface area is 84.1 Å². The minimum Gasteiger partial charge on any atom is -0.466 e. The molecule has 0 amide bonds. The molecule has 0 radical (unpaired) electrons. The summed E-state index contributed by atoms with van der Waals surface area (Å²) in [6, 6.07) is -0.0478. The lowest BCUT2D eigenvalue weighted by molar-refractivity contribution is -0.136. The van der Waals surface area contributed by atoms with E-state index in [1.807, 2.05) is 6.92 Å². The van der Waals surface area contributed by atoms with Crippen LogP contribution in [0.1, 0.15) is 13.3 Å². The fraction of sp³-hybridized carbons (Fsp3) is 0.700. The van der Waals surface area contributed by atoms with Gasteiger partial charge in [0.1, 0.15) is 0 Å². The van der Waals surface area contributed by atoms with Crippen LogP contribution in [0.2, 0.25) is 0 Å². The van der Waals surface area contributed by atoms with Gasteiger partial charge in [0, 0.05) is 18.7 Å². The van der Waals surface area contributed by atoms with Crippen LogP contribution in [0.15, 0.2) is 11.6 Å². The van der Waals surface area contributed by atoms with Crippen molar-refractivity contribution in [3.63, 3.8) is 0 Å². The van der Waals surface area contributed by atoms with Crippen molar-refractivity contribution in [2.24, 2.45) is 11.7 Å². The van der Waals surface area contributed by atoms with Crippen LogP contribution < -0.4 is 5.73 Å². The Balaban J connectivity index is 2.83. The third-order valence-corrected chi connectivity index (χ3v) is 2.66. The summed E-state index contributed by atoms with van der Waals surface area (Å²) in [5.41, 5.74) is 6.58. The van der Waals surface area contributed by atoms with E-state index >= 15 is 0 Å². The molecule has 14 heavy (non-hydrogen) atoms. The number of rotatable bonds is 2. The first kappa shape index (κ1) is 11.2. The Morgan fingerprint density at radius 3 is 2.71 bits per heavy atom. The van der Waals surface area contributed by atoms with Gasteiger partial charge >= 0.3 is 5.97 Å². The maximum Gasteiger partial charge on any atom is 0.333 e. The van der Waals surface area contributed by atoms with Gasteiger partial charge < -0.3 is 15.2 Å². The van der Waals surface area contributed by atoms with E-state index in [0.29, 0.717) is 12.0 Å². The van der Waals surface area contributed by atoms with Crippen molar-refractivity contribution in [3.05, 3.63) is 11.6 Å². The van der Waals surface area contributed by atoms with Crippen LogP contribution >= 0.6 is 0 Å². The van der Waals surface area contributed by atoms with Crippen molar-refractivity contribution >= 4 is 5.97 Å². The fourth-order valence-corrected chi connectivity index (χ4v) is 1.69. The highest BCUT2D eigenvalue weighted by molar-refractivity contribution is 5.88. The summed E-state index contributed by atoms with van der Waals surface area (Å²) in [6.45, 7) is 2.01. The molecule has 0 aromatic heterocycles. The molecule has 3 unspecified atom stereocenters. The smallest absolute Gasteiger partial charge is 0.333 e. The molecule has 80 valence electrons. The van der Waals surface area contributed by atoms with E-state index in [0.717, 1.165) is 0 Å². The summed E-state index contributed by atoms with van der Waals surface area (Å²) >= 11 is 0. The van der Waals surface area contributed by atoms with Crippen LogP contribution in [-0.2, 0) is 14.3 Å². The number of esters is 1. The lowest BCUT2D eigenvalue weighted by Crippen LogP contribution is -2.43. The van der Waals surface area contributed by atoms with Crippen LogP contribution in [-0.4, -0.2) is 32.3 Å². The Kier molecular flexibility index (Phi) is 3.66. The van der Waals surface area contributed by atoms with E-state index in [2.05, 4.69) is 4.74 Å². The molecule has 0 fully saturated rings. The lowest BCUT2D eigenvalue weighted by Gasteiger charge is -2.30. The average Bonchev–Trinajstić information content (AvgIpc) is 2.20. The predicted molar refractivity (Wildman–Crippen MR) is 52.7 cm³/mol. The molecule has 0 saturated heterocycles. The van der Waals surface area contributed by atoms with Gasteiger partial charge in [0.2, 0.25) is 0 Å². The third-order valence-electron chi connectivity index (χ3n) is 2.66. The Morgan fingerprint density at radius 2 is 2.21 bits per heavy atom. The zero-order chi connectivity index (χ0) is 10.7. The maximum absolute atomic E-state index is 11.3. The van der Waals surface area contributed by atoms with Crippen LogP contribution in [0.5, 0.6) is 0 Å². The zero-order valence-corrected chi connectivity index (χ0v) is 8.82. The second-order valence-corrected chi connectivity index (χ2v) is 3.64. The standard InChI is InChI=1S/C10H17NO3/c1-6-4-7(10(12)14-3)5-8(13-2)9(6)11/h5-6,8-9H,4,11H2,1-3H3. The summed E-state index contributed by atoms with van der Waals surface area (Å²) in [4.78, 5) is 11.3. The van der Waals surface area contributed by atoms with Crippen molar-refractivity contribution in [1.82, 2.24) is 0 Å². The van der Waals surface area contributed by atoms with Gasteiger partial charge in [0.25, 0.3) is 0 Å². The van der Waals surface area contributed by atoms with Gasteiger partial charge in [0.15, 0.2) is 0 Å². The molecule has 0 aliphatic heterocycles. The van der Waals surface area contributed by atoms with Gasteiger partial charge in [-0.15, -0.1) is 0 Å². The highest BCUT2D eigenvalue weighted by Gasteiger charge is 2.30. The summed E-state index contributed by atoms with van der Waals surface area (Å²) in [7, 11) is 2.97. The molecule has 0 aromatic carbocycles. The first-order chi connectivity index (χ1) is 6.60. The topological polar surface area (TPSA) is 61.5 Å². The minimum absolute atomic E-state index is 0.0478. The number of hydrogen-bond donors (Lipinski definition) is 1. The second kappa shape index (κ2) is 4.57. The van der Waals surface area contributed by atoms with E-state index < -0.39 is 0 Å². The van der Waals surface area contributed by atoms with Crippen molar-refractivity contribution in [2.45, 2.75) is 25.5 Å². The van der Waals surface area contributed by atoms with Crippen molar-refractivity contribution in [1.29, 1.82) is 0 Å². The number of ether oxygens (including phenoxy) is 2. The maximum atomic E-state index is 11.3. The molecule has 0 saturated carbocycles. The average molecular weight is 199 g/mol. The molecular formula is C10H17NO3. The van der Waals surface area contributed by atoms with Gasteiger partial charge in [-0.1, -0.05) is 6.92 Å². The second-order valence-electron chi connectivity index (χ2n) is 3.64. The molecular weight excluding hydrogens is 182 g/mol. The SMILES string of the molecule is COC(=O)C1=CC(OC)C(N)C(C)C1. The summed E-state index contributed by atoms with van der Waals surface area (Å²) < 4.78 is 9.85. The normalized spacial score (nSPS) is 32.3. The summed E-state index contributed by atoms with van der Waals surface area (Å²) in [5, 5.41) is 0. The van der Waals surface area contributed by atoms with Crippen LogP contribution in [0.3, 0.4) is 0 Å². The highest BCUT2D eigenvalue weighted by Crippen LogP contribution is 2.25. The monoisotopic (exact) mass is 199 g/mol. The molecule has 1 aliphatic carbocycles. The minimum atomic E-state index is -0.286. The van der Waals surface area contributed by atoms with Gasteiger partial charge in [-0.3, -0.25) is 0 Å². The van der Waals surface area contributed by atoms with E-state index in [9.17, 15) is 4.79 Å². The van der Waals surface area contributed by atoms with Gasteiger partial charge in [-0.2, -0.15) is 0 Å². The number of carbonyl (C=O) groups excluding carboxylic acids is 1. The summed E-state index contributed by atoms with van der Waals surface area (Å²) in [5.74, 6) is -0.0511. The lowest BCUT2D eigenvalue weighted by atomic mass is 9.84. The zero-order valence-electron chi connectivity index (χ0n) is 8.82. The largest absolute Gasteiger partial charge is 0.466 e. The Morgan fingerprint density at radius 1 is 1.57 bits per heavy atom. The molecule has 0 spiro atoms. The quantitative estimate of drug-likeness (QED) is 0.657. The van der Waals surface area contributed by atoms with Crippen LogP contribution in [0.4, 0.5) is 0 Å². The molecule has 2 N–H and O–H groups in total.